The molecule has 0 radical (unpaired) electrons. The highest BCUT2D eigenvalue weighted by molar-refractivity contribution is 6.00. The van der Waals surface area contributed by atoms with Crippen molar-refractivity contribution in [1.29, 1.82) is 0 Å². The van der Waals surface area contributed by atoms with E-state index in [9.17, 15) is 14.4 Å². The van der Waals surface area contributed by atoms with Crippen molar-refractivity contribution in [2.24, 2.45) is 0 Å². The van der Waals surface area contributed by atoms with Crippen LogP contribution in [0.2, 0.25) is 0 Å². The molecule has 0 spiro atoms. The third-order valence-corrected chi connectivity index (χ3v) is 7.28. The summed E-state index contributed by atoms with van der Waals surface area (Å²) in [6.45, 7) is 0. The lowest BCUT2D eigenvalue weighted by Crippen LogP contribution is -2.04. The molecule has 204 valence electrons. The number of nitrogens with zero attached hydrogens (tertiary/aromatic N) is 3. The second-order valence-corrected chi connectivity index (χ2v) is 9.93. The molecule has 3 aromatic heterocycles. The van der Waals surface area contributed by atoms with Crippen LogP contribution in [0.5, 0.6) is 0 Å². The number of fused-ring (bicyclic) bond motifs is 4. The first kappa shape index (κ1) is 24.6. The summed E-state index contributed by atoms with van der Waals surface area (Å²) in [7, 11) is 0. The van der Waals surface area contributed by atoms with E-state index in [1.807, 2.05) is 12.1 Å². The van der Waals surface area contributed by atoms with E-state index in [0.717, 1.165) is 0 Å². The molecule has 0 aliphatic rings. The monoisotopic (exact) mass is 563 g/mol. The van der Waals surface area contributed by atoms with E-state index >= 15 is 0 Å². The molecule has 8 aromatic rings. The predicted octanol–water partition coefficient (Wildman–Crippen LogP) is 6.35. The van der Waals surface area contributed by atoms with Crippen molar-refractivity contribution in [3.63, 3.8) is 0 Å². The fraction of sp³-hybridized carbons (Fsp3) is 0. The first-order chi connectivity index (χ1) is 21.0. The lowest BCUT2D eigenvalue weighted by molar-refractivity contribution is 0.516. The van der Waals surface area contributed by atoms with Gasteiger partial charge in [-0.2, -0.15) is 0 Å². The van der Waals surface area contributed by atoms with E-state index in [4.69, 9.17) is 13.3 Å². The van der Waals surface area contributed by atoms with Gasteiger partial charge >= 0.3 is 16.9 Å². The molecule has 8 rings (SSSR count). The van der Waals surface area contributed by atoms with Gasteiger partial charge in [-0.25, -0.2) is 29.3 Å². The van der Waals surface area contributed by atoms with Gasteiger partial charge in [0.1, 0.15) is 0 Å². The zero-order chi connectivity index (χ0) is 29.1. The van der Waals surface area contributed by atoms with E-state index in [-0.39, 0.29) is 17.7 Å². The van der Waals surface area contributed by atoms with Crippen LogP contribution in [0.1, 0.15) is 0 Å². The summed E-state index contributed by atoms with van der Waals surface area (Å²) in [6.07, 6.45) is 0. The summed E-state index contributed by atoms with van der Waals surface area (Å²) >= 11 is 0. The molecule has 0 amide bonds. The van der Waals surface area contributed by atoms with Crippen molar-refractivity contribution >= 4 is 43.5 Å². The fourth-order valence-corrected chi connectivity index (χ4v) is 5.21. The van der Waals surface area contributed by atoms with Crippen LogP contribution in [-0.4, -0.2) is 15.0 Å². The van der Waals surface area contributed by atoms with Crippen molar-refractivity contribution < 1.29 is 13.3 Å². The molecular weight excluding hydrogens is 546 g/mol. The number of aromatic nitrogens is 3. The second-order valence-electron chi connectivity index (χ2n) is 9.93. The molecule has 0 unspecified atom stereocenters. The number of hydrogen-bond acceptors (Lipinski definition) is 9. The number of hydrogen-bond donors (Lipinski definition) is 0. The maximum absolute atomic E-state index is 13.0. The van der Waals surface area contributed by atoms with Gasteiger partial charge in [0.05, 0.1) is 32.7 Å². The van der Waals surface area contributed by atoms with Crippen LogP contribution in [0, 0.1) is 0 Å². The molecule has 0 aliphatic heterocycles. The zero-order valence-corrected chi connectivity index (χ0v) is 22.1. The molecule has 0 saturated heterocycles. The first-order valence-electron chi connectivity index (χ1n) is 13.3. The average Bonchev–Trinajstić information content (AvgIpc) is 3.04. The van der Waals surface area contributed by atoms with E-state index in [2.05, 4.69) is 15.0 Å². The summed E-state index contributed by atoms with van der Waals surface area (Å²) in [5, 5.41) is 2.42. The molecular formula is C34H17N3O6. The van der Waals surface area contributed by atoms with E-state index in [1.54, 1.807) is 91.0 Å². The maximum atomic E-state index is 13.0. The van der Waals surface area contributed by atoms with Crippen LogP contribution >= 0.6 is 0 Å². The summed E-state index contributed by atoms with van der Waals surface area (Å²) in [4.78, 5) is 52.2. The largest absolute Gasteiger partial charge is 0.403 e. The van der Waals surface area contributed by atoms with Crippen LogP contribution in [-0.2, 0) is 0 Å². The van der Waals surface area contributed by atoms with E-state index in [1.165, 1.54) is 0 Å². The molecule has 0 bridgehead atoms. The Morgan fingerprint density at radius 1 is 0.419 bits per heavy atom. The van der Waals surface area contributed by atoms with E-state index in [0.29, 0.717) is 60.2 Å². The Morgan fingerprint density at radius 2 is 0.884 bits per heavy atom. The minimum Gasteiger partial charge on any atom is -0.403 e. The third-order valence-electron chi connectivity index (χ3n) is 7.28. The molecule has 0 atom stereocenters. The Kier molecular flexibility index (Phi) is 5.38. The SMILES string of the molecule is O=c1oc(-c2cc(-c3nc4ccccc4c(=O)o3)c3cc(-c4nc5ccccc5c(=O)o4)ccc3c2)nc2ccccc12. The van der Waals surface area contributed by atoms with Gasteiger partial charge < -0.3 is 13.3 Å². The normalized spacial score (nSPS) is 11.5. The highest BCUT2D eigenvalue weighted by Crippen LogP contribution is 2.35. The van der Waals surface area contributed by atoms with Crippen LogP contribution in [0.15, 0.2) is 131 Å². The van der Waals surface area contributed by atoms with Gasteiger partial charge in [0.15, 0.2) is 0 Å². The number of benzene rings is 5. The molecule has 43 heavy (non-hydrogen) atoms. The van der Waals surface area contributed by atoms with Crippen LogP contribution < -0.4 is 16.9 Å². The van der Waals surface area contributed by atoms with Crippen molar-refractivity contribution in [2.75, 3.05) is 0 Å². The molecule has 0 N–H and O–H groups in total. The van der Waals surface area contributed by atoms with Gasteiger partial charge in [0.25, 0.3) is 0 Å². The molecule has 3 heterocycles. The fourth-order valence-electron chi connectivity index (χ4n) is 5.21. The third kappa shape index (κ3) is 4.10. The van der Waals surface area contributed by atoms with E-state index < -0.39 is 16.9 Å². The molecule has 9 nitrogen and oxygen atoms in total. The van der Waals surface area contributed by atoms with Crippen LogP contribution in [0.3, 0.4) is 0 Å². The summed E-state index contributed by atoms with van der Waals surface area (Å²) in [5.41, 5.74) is 1.32. The summed E-state index contributed by atoms with van der Waals surface area (Å²) < 4.78 is 16.9. The van der Waals surface area contributed by atoms with Crippen molar-refractivity contribution in [3.05, 3.63) is 134 Å². The van der Waals surface area contributed by atoms with Gasteiger partial charge in [-0.3, -0.25) is 0 Å². The Bertz CT molecular complexity index is 2600. The molecule has 0 saturated carbocycles. The predicted molar refractivity (Wildman–Crippen MR) is 162 cm³/mol. The Morgan fingerprint density at radius 3 is 1.44 bits per heavy atom. The second kappa shape index (κ2) is 9.42. The quantitative estimate of drug-likeness (QED) is 0.242. The standard InChI is InChI=1S/C34H17N3O6/c38-32-21-7-1-4-10-26(21)35-29(41-32)19-14-13-18-15-20(30-36-27-11-5-2-8-22(27)33(39)42-30)17-25(24(18)16-19)31-37-28-12-6-3-9-23(28)34(40)43-31/h1-17H. The lowest BCUT2D eigenvalue weighted by Gasteiger charge is -2.11. The average molecular weight is 564 g/mol. The Hall–Kier alpha value is -6.22. The zero-order valence-electron chi connectivity index (χ0n) is 22.1. The van der Waals surface area contributed by atoms with Crippen LogP contribution in [0.25, 0.3) is 77.8 Å². The minimum absolute atomic E-state index is 0.0590. The molecule has 0 fully saturated rings. The Labute approximate surface area is 240 Å². The topological polar surface area (TPSA) is 129 Å². The number of para-hydroxylation sites is 3. The molecule has 0 aliphatic carbocycles. The highest BCUT2D eigenvalue weighted by atomic mass is 16.4. The van der Waals surface area contributed by atoms with Crippen molar-refractivity contribution in [3.8, 4) is 34.4 Å². The number of rotatable bonds is 3. The lowest BCUT2D eigenvalue weighted by atomic mass is 9.98. The first-order valence-corrected chi connectivity index (χ1v) is 13.3. The van der Waals surface area contributed by atoms with Crippen molar-refractivity contribution in [1.82, 2.24) is 15.0 Å². The van der Waals surface area contributed by atoms with Crippen molar-refractivity contribution in [2.45, 2.75) is 0 Å². The smallest absolute Gasteiger partial charge is 0.347 e. The van der Waals surface area contributed by atoms with Gasteiger partial charge in [-0.05, 0) is 71.4 Å². The Balaban J connectivity index is 1.41. The van der Waals surface area contributed by atoms with Gasteiger partial charge in [0.2, 0.25) is 17.7 Å². The van der Waals surface area contributed by atoms with Gasteiger partial charge in [-0.1, -0.05) is 42.5 Å². The molecule has 9 heteroatoms. The molecule has 5 aromatic carbocycles. The van der Waals surface area contributed by atoms with Gasteiger partial charge in [-0.15, -0.1) is 0 Å². The highest BCUT2D eigenvalue weighted by Gasteiger charge is 2.18. The van der Waals surface area contributed by atoms with Crippen LogP contribution in [0.4, 0.5) is 0 Å². The summed E-state index contributed by atoms with van der Waals surface area (Å²) in [5.74, 6) is 0.292. The maximum Gasteiger partial charge on any atom is 0.347 e. The van der Waals surface area contributed by atoms with Gasteiger partial charge in [0, 0.05) is 16.7 Å². The minimum atomic E-state index is -0.548. The summed E-state index contributed by atoms with van der Waals surface area (Å²) in [6, 6.07) is 29.6.